The van der Waals surface area contributed by atoms with Gasteiger partial charge in [0.1, 0.15) is 0 Å². The zero-order valence-electron chi connectivity index (χ0n) is 8.62. The number of nitrogens with one attached hydrogen (secondary N) is 1. The Bertz CT molecular complexity index is 16.7. The minimum atomic E-state index is 1.07. The van der Waals surface area contributed by atoms with Gasteiger partial charge in [-0.1, -0.05) is 47.5 Å². The van der Waals surface area contributed by atoms with E-state index in [1.165, 1.54) is 12.8 Å². The molecular formula is C9H25N. The summed E-state index contributed by atoms with van der Waals surface area (Å²) >= 11 is 0. The lowest BCUT2D eigenvalue weighted by molar-refractivity contribution is 0.864. The van der Waals surface area contributed by atoms with Gasteiger partial charge < -0.3 is 5.32 Å². The van der Waals surface area contributed by atoms with Crippen LogP contribution in [-0.4, -0.2) is 13.6 Å². The Labute approximate surface area is 67.2 Å². The van der Waals surface area contributed by atoms with Gasteiger partial charge >= 0.3 is 0 Å². The van der Waals surface area contributed by atoms with Gasteiger partial charge in [0.25, 0.3) is 0 Å². The van der Waals surface area contributed by atoms with Crippen molar-refractivity contribution in [1.82, 2.24) is 5.32 Å². The second kappa shape index (κ2) is 36.2. The van der Waals surface area contributed by atoms with Crippen molar-refractivity contribution in [1.29, 1.82) is 0 Å². The van der Waals surface area contributed by atoms with E-state index in [4.69, 9.17) is 0 Å². The van der Waals surface area contributed by atoms with Crippen molar-refractivity contribution in [3.63, 3.8) is 0 Å². The Morgan fingerprint density at radius 2 is 0.900 bits per heavy atom. The number of hydrogen-bond acceptors (Lipinski definition) is 1. The van der Waals surface area contributed by atoms with Gasteiger partial charge in [-0.25, -0.2) is 0 Å². The second-order valence-corrected chi connectivity index (χ2v) is 2.12. The summed E-state index contributed by atoms with van der Waals surface area (Å²) in [6, 6.07) is 0. The molecule has 0 amide bonds. The van der Waals surface area contributed by atoms with Gasteiger partial charge in [0, 0.05) is 0 Å². The van der Waals surface area contributed by atoms with Crippen LogP contribution in [0, 0.1) is 0 Å². The third kappa shape index (κ3) is 418. The van der Waals surface area contributed by atoms with Gasteiger partial charge in [-0.05, 0) is 13.6 Å². The third-order valence-electron chi connectivity index (χ3n) is 0.354. The highest BCUT2D eigenvalue weighted by molar-refractivity contribution is 4.15. The Morgan fingerprint density at radius 1 is 0.800 bits per heavy atom. The summed E-state index contributed by atoms with van der Waals surface area (Å²) in [6.07, 6.45) is 2.50. The van der Waals surface area contributed by atoms with Crippen molar-refractivity contribution in [2.24, 2.45) is 0 Å². The predicted octanol–water partition coefficient (Wildman–Crippen LogP) is 3.06. The van der Waals surface area contributed by atoms with E-state index in [9.17, 15) is 0 Å². The molecule has 0 bridgehead atoms. The van der Waals surface area contributed by atoms with Crippen LogP contribution in [0.1, 0.15) is 47.5 Å². The fraction of sp³-hybridized carbons (Fsp3) is 1.00. The third-order valence-corrected chi connectivity index (χ3v) is 0.354. The van der Waals surface area contributed by atoms with Gasteiger partial charge in [0.05, 0.1) is 0 Å². The van der Waals surface area contributed by atoms with Crippen LogP contribution in [0.4, 0.5) is 0 Å². The quantitative estimate of drug-likeness (QED) is 0.601. The first-order valence-electron chi connectivity index (χ1n) is 4.39. The van der Waals surface area contributed by atoms with Crippen molar-refractivity contribution in [3.05, 3.63) is 0 Å². The van der Waals surface area contributed by atoms with Gasteiger partial charge in [-0.15, -0.1) is 0 Å². The molecule has 0 saturated heterocycles. The van der Waals surface area contributed by atoms with Crippen LogP contribution in [0.2, 0.25) is 0 Å². The van der Waals surface area contributed by atoms with Crippen LogP contribution >= 0.6 is 0 Å². The maximum absolute atomic E-state index is 2.93. The van der Waals surface area contributed by atoms with Gasteiger partial charge in [-0.3, -0.25) is 0 Å². The van der Waals surface area contributed by atoms with Crippen LogP contribution in [0.3, 0.4) is 0 Å². The fourth-order valence-electron chi connectivity index (χ4n) is 0. The first-order chi connectivity index (χ1) is 4.74. The summed E-state index contributed by atoms with van der Waals surface area (Å²) in [5.74, 6) is 0. The largest absolute Gasteiger partial charge is 0.320 e. The monoisotopic (exact) mass is 147 g/mol. The maximum atomic E-state index is 2.93. The van der Waals surface area contributed by atoms with E-state index in [0.717, 1.165) is 6.54 Å². The average molecular weight is 147 g/mol. The minimum absolute atomic E-state index is 1.07. The lowest BCUT2D eigenvalue weighted by Gasteiger charge is -1.76. The molecule has 1 nitrogen and oxygen atoms in total. The fourth-order valence-corrected chi connectivity index (χ4v) is 0. The first-order valence-corrected chi connectivity index (χ1v) is 4.39. The van der Waals surface area contributed by atoms with E-state index in [1.807, 2.05) is 7.05 Å². The van der Waals surface area contributed by atoms with E-state index in [1.54, 1.807) is 0 Å². The molecule has 1 N–H and O–H groups in total. The van der Waals surface area contributed by atoms with E-state index in [2.05, 4.69) is 39.9 Å². The molecular weight excluding hydrogens is 122 g/mol. The lowest BCUT2D eigenvalue weighted by Crippen LogP contribution is -2.01. The summed E-state index contributed by atoms with van der Waals surface area (Å²) in [5, 5.41) is 2.93. The van der Waals surface area contributed by atoms with Crippen LogP contribution in [-0.2, 0) is 0 Å². The molecule has 1 heteroatoms. The number of hydrogen-bond donors (Lipinski definition) is 1. The molecule has 0 unspecified atom stereocenters. The highest BCUT2D eigenvalue weighted by Gasteiger charge is 1.50. The molecule has 0 aromatic heterocycles. The van der Waals surface area contributed by atoms with Crippen molar-refractivity contribution in [3.8, 4) is 0 Å². The Morgan fingerprint density at radius 3 is 0.900 bits per heavy atom. The Hall–Kier alpha value is -0.0400. The molecule has 0 aromatic rings. The van der Waals surface area contributed by atoms with Crippen LogP contribution in [0.5, 0.6) is 0 Å². The molecule has 0 saturated carbocycles. The van der Waals surface area contributed by atoms with Crippen LogP contribution < -0.4 is 5.32 Å². The standard InChI is InChI=1S/C3H9N.2C3H8/c1-3-4-2;2*1-3-2/h4H,3H2,1-2H3;2*3H2,1-2H3. The molecule has 10 heavy (non-hydrogen) atoms. The maximum Gasteiger partial charge on any atom is -0.00804 e. The second-order valence-electron chi connectivity index (χ2n) is 2.12. The van der Waals surface area contributed by atoms with Crippen LogP contribution in [0.25, 0.3) is 0 Å². The zero-order chi connectivity index (χ0) is 8.83. The van der Waals surface area contributed by atoms with E-state index in [0.29, 0.717) is 0 Å². The molecule has 0 aliphatic rings. The molecule has 0 spiro atoms. The van der Waals surface area contributed by atoms with E-state index in [-0.39, 0.29) is 0 Å². The summed E-state index contributed by atoms with van der Waals surface area (Å²) in [5.41, 5.74) is 0. The highest BCUT2D eigenvalue weighted by atomic mass is 14.8. The molecule has 0 heterocycles. The van der Waals surface area contributed by atoms with Crippen LogP contribution in [0.15, 0.2) is 0 Å². The summed E-state index contributed by atoms with van der Waals surface area (Å²) in [7, 11) is 1.93. The highest BCUT2D eigenvalue weighted by Crippen LogP contribution is 1.56. The lowest BCUT2D eigenvalue weighted by atomic mass is 10.6. The van der Waals surface area contributed by atoms with Gasteiger partial charge in [-0.2, -0.15) is 0 Å². The summed E-state index contributed by atoms with van der Waals surface area (Å²) < 4.78 is 0. The van der Waals surface area contributed by atoms with Crippen molar-refractivity contribution in [2.75, 3.05) is 13.6 Å². The number of rotatable bonds is 1. The van der Waals surface area contributed by atoms with Crippen molar-refractivity contribution < 1.29 is 0 Å². The zero-order valence-corrected chi connectivity index (χ0v) is 8.62. The van der Waals surface area contributed by atoms with Gasteiger partial charge in [0.2, 0.25) is 0 Å². The van der Waals surface area contributed by atoms with E-state index < -0.39 is 0 Å². The van der Waals surface area contributed by atoms with Crippen molar-refractivity contribution in [2.45, 2.75) is 47.5 Å². The molecule has 0 radical (unpaired) electrons. The first kappa shape index (κ1) is 16.5. The van der Waals surface area contributed by atoms with E-state index >= 15 is 0 Å². The average Bonchev–Trinajstić information content (AvgIpc) is 1.91. The molecule has 66 valence electrons. The SMILES string of the molecule is CCC.CCC.CCNC. The molecule has 0 rings (SSSR count). The topological polar surface area (TPSA) is 12.0 Å². The summed E-state index contributed by atoms with van der Waals surface area (Å²) in [4.78, 5) is 0. The van der Waals surface area contributed by atoms with Crippen molar-refractivity contribution >= 4 is 0 Å². The molecule has 0 aliphatic heterocycles. The minimum Gasteiger partial charge on any atom is -0.320 e. The summed E-state index contributed by atoms with van der Waals surface area (Å²) in [6.45, 7) is 11.6. The normalized spacial score (nSPS) is 6.60. The van der Waals surface area contributed by atoms with Gasteiger partial charge in [0.15, 0.2) is 0 Å². The smallest absolute Gasteiger partial charge is 0.00804 e. The Kier molecular flexibility index (Phi) is 59.8. The predicted molar refractivity (Wildman–Crippen MR) is 51.5 cm³/mol. The molecule has 0 fully saturated rings. The molecule has 0 aliphatic carbocycles. The Balaban J connectivity index is -0.0000000750. The molecule has 0 atom stereocenters. The molecule has 0 aromatic carbocycles.